The van der Waals surface area contributed by atoms with Gasteiger partial charge in [-0.15, -0.1) is 0 Å². The van der Waals surface area contributed by atoms with Crippen LogP contribution in [-0.4, -0.2) is 20.0 Å². The fourth-order valence-electron chi connectivity index (χ4n) is 1.67. The molecule has 0 spiro atoms. The van der Waals surface area contributed by atoms with Crippen molar-refractivity contribution in [3.05, 3.63) is 41.2 Å². The van der Waals surface area contributed by atoms with Gasteiger partial charge < -0.3 is 10.2 Å². The Hall–Kier alpha value is -1.81. The largest absolute Gasteiger partial charge is 0.508 e. The van der Waals surface area contributed by atoms with E-state index in [9.17, 15) is 5.11 Å². The number of aliphatic hydroxyl groups is 1. The molecule has 1 aromatic heterocycles. The fourth-order valence-corrected chi connectivity index (χ4v) is 1.67. The third-order valence-electron chi connectivity index (χ3n) is 2.60. The standard InChI is InChI=1S/C12H14N2O2/c1-8-5-11(16)3-4-12(8)14-6-10(7-15)9(2)13-14/h3-6,15-16H,7H2,1-2H3. The molecule has 1 heterocycles. The van der Waals surface area contributed by atoms with Crippen LogP contribution < -0.4 is 0 Å². The molecule has 2 N–H and O–H groups in total. The Kier molecular flexibility index (Phi) is 2.66. The molecule has 2 aromatic rings. The Morgan fingerprint density at radius 3 is 2.62 bits per heavy atom. The van der Waals surface area contributed by atoms with Gasteiger partial charge in [-0.05, 0) is 37.6 Å². The number of rotatable bonds is 2. The third kappa shape index (κ3) is 1.79. The first-order valence-corrected chi connectivity index (χ1v) is 5.08. The summed E-state index contributed by atoms with van der Waals surface area (Å²) in [6.45, 7) is 3.76. The first kappa shape index (κ1) is 10.7. The molecular formula is C12H14N2O2. The number of phenolic OH excluding ortho intramolecular Hbond substituents is 1. The van der Waals surface area contributed by atoms with E-state index in [4.69, 9.17) is 5.11 Å². The van der Waals surface area contributed by atoms with Gasteiger partial charge in [-0.1, -0.05) is 0 Å². The van der Waals surface area contributed by atoms with E-state index in [1.807, 2.05) is 13.8 Å². The van der Waals surface area contributed by atoms with Crippen molar-refractivity contribution in [1.82, 2.24) is 9.78 Å². The summed E-state index contributed by atoms with van der Waals surface area (Å²) in [5, 5.41) is 22.7. The summed E-state index contributed by atoms with van der Waals surface area (Å²) in [5.74, 6) is 0.243. The van der Waals surface area contributed by atoms with Crippen LogP contribution in [0.2, 0.25) is 0 Å². The van der Waals surface area contributed by atoms with Crippen LogP contribution in [0.25, 0.3) is 5.69 Å². The smallest absolute Gasteiger partial charge is 0.115 e. The number of phenols is 1. The highest BCUT2D eigenvalue weighted by Crippen LogP contribution is 2.20. The molecule has 84 valence electrons. The first-order valence-electron chi connectivity index (χ1n) is 5.08. The zero-order valence-electron chi connectivity index (χ0n) is 9.31. The zero-order chi connectivity index (χ0) is 11.7. The summed E-state index contributed by atoms with van der Waals surface area (Å²) < 4.78 is 1.72. The molecule has 0 bridgehead atoms. The molecule has 0 aliphatic carbocycles. The molecule has 0 atom stereocenters. The predicted molar refractivity (Wildman–Crippen MR) is 60.6 cm³/mol. The van der Waals surface area contributed by atoms with Crippen molar-refractivity contribution in [1.29, 1.82) is 0 Å². The maximum atomic E-state index is 9.32. The van der Waals surface area contributed by atoms with Gasteiger partial charge in [-0.2, -0.15) is 5.10 Å². The van der Waals surface area contributed by atoms with Crippen molar-refractivity contribution in [3.8, 4) is 11.4 Å². The Bertz CT molecular complexity index is 518. The molecule has 0 amide bonds. The topological polar surface area (TPSA) is 58.3 Å². The second-order valence-electron chi connectivity index (χ2n) is 3.81. The van der Waals surface area contributed by atoms with E-state index in [0.29, 0.717) is 0 Å². The van der Waals surface area contributed by atoms with E-state index in [1.54, 1.807) is 29.1 Å². The molecule has 4 heteroatoms. The molecule has 0 fully saturated rings. The van der Waals surface area contributed by atoms with E-state index in [0.717, 1.165) is 22.5 Å². The lowest BCUT2D eigenvalue weighted by atomic mass is 10.2. The van der Waals surface area contributed by atoms with Gasteiger partial charge in [0.05, 0.1) is 18.0 Å². The molecule has 0 saturated heterocycles. The lowest BCUT2D eigenvalue weighted by Gasteiger charge is -2.05. The van der Waals surface area contributed by atoms with Crippen LogP contribution in [0, 0.1) is 13.8 Å². The summed E-state index contributed by atoms with van der Waals surface area (Å²) in [6.07, 6.45) is 1.80. The van der Waals surface area contributed by atoms with E-state index in [2.05, 4.69) is 5.10 Å². The van der Waals surface area contributed by atoms with Crippen molar-refractivity contribution in [2.24, 2.45) is 0 Å². The monoisotopic (exact) mass is 218 g/mol. The minimum atomic E-state index is -0.0109. The highest BCUT2D eigenvalue weighted by Gasteiger charge is 2.07. The lowest BCUT2D eigenvalue weighted by Crippen LogP contribution is -1.97. The number of aliphatic hydroxyl groups excluding tert-OH is 1. The average molecular weight is 218 g/mol. The van der Waals surface area contributed by atoms with E-state index in [-0.39, 0.29) is 12.4 Å². The molecule has 4 nitrogen and oxygen atoms in total. The average Bonchev–Trinajstić information content (AvgIpc) is 2.59. The summed E-state index contributed by atoms with van der Waals surface area (Å²) in [6, 6.07) is 5.11. The number of aryl methyl sites for hydroxylation is 2. The maximum absolute atomic E-state index is 9.32. The minimum Gasteiger partial charge on any atom is -0.508 e. The normalized spacial score (nSPS) is 10.7. The van der Waals surface area contributed by atoms with Gasteiger partial charge in [-0.25, -0.2) is 4.68 Å². The number of hydrogen-bond acceptors (Lipinski definition) is 3. The SMILES string of the molecule is Cc1cc(O)ccc1-n1cc(CO)c(C)n1. The van der Waals surface area contributed by atoms with Crippen molar-refractivity contribution in [2.75, 3.05) is 0 Å². The predicted octanol–water partition coefficient (Wildman–Crippen LogP) is 1.69. The van der Waals surface area contributed by atoms with Gasteiger partial charge >= 0.3 is 0 Å². The van der Waals surface area contributed by atoms with Gasteiger partial charge in [0.1, 0.15) is 5.75 Å². The van der Waals surface area contributed by atoms with Crippen LogP contribution in [-0.2, 0) is 6.61 Å². The van der Waals surface area contributed by atoms with E-state index < -0.39 is 0 Å². The summed E-state index contributed by atoms with van der Waals surface area (Å²) in [4.78, 5) is 0. The van der Waals surface area contributed by atoms with Gasteiger partial charge in [0.15, 0.2) is 0 Å². The van der Waals surface area contributed by atoms with Crippen molar-refractivity contribution in [2.45, 2.75) is 20.5 Å². The Labute approximate surface area is 93.8 Å². The second-order valence-corrected chi connectivity index (χ2v) is 3.81. The number of aromatic hydroxyl groups is 1. The molecule has 0 aliphatic heterocycles. The van der Waals surface area contributed by atoms with Crippen molar-refractivity contribution >= 4 is 0 Å². The molecule has 0 saturated carbocycles. The Morgan fingerprint density at radius 1 is 1.31 bits per heavy atom. The number of nitrogens with zero attached hydrogens (tertiary/aromatic N) is 2. The van der Waals surface area contributed by atoms with E-state index in [1.165, 1.54) is 0 Å². The molecule has 16 heavy (non-hydrogen) atoms. The summed E-state index contributed by atoms with van der Waals surface area (Å²) in [7, 11) is 0. The molecular weight excluding hydrogens is 204 g/mol. The van der Waals surface area contributed by atoms with Crippen molar-refractivity contribution < 1.29 is 10.2 Å². The third-order valence-corrected chi connectivity index (χ3v) is 2.60. The second kappa shape index (κ2) is 3.98. The molecule has 0 radical (unpaired) electrons. The molecule has 2 rings (SSSR count). The van der Waals surface area contributed by atoms with Crippen LogP contribution in [0.4, 0.5) is 0 Å². The van der Waals surface area contributed by atoms with Crippen LogP contribution in [0.1, 0.15) is 16.8 Å². The zero-order valence-corrected chi connectivity index (χ0v) is 9.31. The highest BCUT2D eigenvalue weighted by atomic mass is 16.3. The number of hydrogen-bond donors (Lipinski definition) is 2. The Morgan fingerprint density at radius 2 is 2.06 bits per heavy atom. The molecule has 0 aliphatic rings. The first-order chi connectivity index (χ1) is 7.61. The van der Waals surface area contributed by atoms with Crippen LogP contribution in [0.5, 0.6) is 5.75 Å². The number of aromatic nitrogens is 2. The maximum Gasteiger partial charge on any atom is 0.115 e. The Balaban J connectivity index is 2.50. The number of benzene rings is 1. The van der Waals surface area contributed by atoms with Gasteiger partial charge in [0, 0.05) is 11.8 Å². The van der Waals surface area contributed by atoms with Crippen LogP contribution >= 0.6 is 0 Å². The lowest BCUT2D eigenvalue weighted by molar-refractivity contribution is 0.281. The van der Waals surface area contributed by atoms with Gasteiger partial charge in [0.25, 0.3) is 0 Å². The summed E-state index contributed by atoms with van der Waals surface area (Å²) >= 11 is 0. The highest BCUT2D eigenvalue weighted by molar-refractivity contribution is 5.44. The van der Waals surface area contributed by atoms with Gasteiger partial charge in [-0.3, -0.25) is 0 Å². The van der Waals surface area contributed by atoms with Crippen LogP contribution in [0.3, 0.4) is 0 Å². The molecule has 0 unspecified atom stereocenters. The summed E-state index contributed by atoms with van der Waals surface area (Å²) in [5.41, 5.74) is 3.47. The van der Waals surface area contributed by atoms with Crippen molar-refractivity contribution in [3.63, 3.8) is 0 Å². The minimum absolute atomic E-state index is 0.0109. The van der Waals surface area contributed by atoms with Crippen LogP contribution in [0.15, 0.2) is 24.4 Å². The fraction of sp³-hybridized carbons (Fsp3) is 0.250. The molecule has 1 aromatic carbocycles. The quantitative estimate of drug-likeness (QED) is 0.806. The van der Waals surface area contributed by atoms with E-state index >= 15 is 0 Å². The van der Waals surface area contributed by atoms with Gasteiger partial charge in [0.2, 0.25) is 0 Å².